The zero-order valence-corrected chi connectivity index (χ0v) is 10.1. The Balaban J connectivity index is 2.16. The second kappa shape index (κ2) is 4.61. The van der Waals surface area contributed by atoms with Gasteiger partial charge in [0.05, 0.1) is 10.5 Å². The van der Waals surface area contributed by atoms with Crippen LogP contribution in [0.15, 0.2) is 12.3 Å². The smallest absolute Gasteiger partial charge is 0.312 e. The first kappa shape index (κ1) is 12.3. The van der Waals surface area contributed by atoms with Gasteiger partial charge >= 0.3 is 5.69 Å². The first-order valence-electron chi connectivity index (χ1n) is 5.82. The number of aromatic nitrogens is 1. The van der Waals surface area contributed by atoms with Crippen molar-refractivity contribution in [2.75, 3.05) is 11.9 Å². The van der Waals surface area contributed by atoms with Gasteiger partial charge in [0.25, 0.3) is 0 Å². The van der Waals surface area contributed by atoms with Crippen LogP contribution in [0.3, 0.4) is 0 Å². The van der Waals surface area contributed by atoms with Gasteiger partial charge in [-0.3, -0.25) is 10.1 Å². The van der Waals surface area contributed by atoms with E-state index >= 15 is 0 Å². The topological polar surface area (TPSA) is 91.8 Å². The fourth-order valence-corrected chi connectivity index (χ4v) is 2.04. The van der Waals surface area contributed by atoms with Crippen molar-refractivity contribution in [1.29, 1.82) is 5.26 Å². The van der Waals surface area contributed by atoms with Gasteiger partial charge in [0, 0.05) is 18.8 Å². The molecule has 94 valence electrons. The van der Waals surface area contributed by atoms with Crippen molar-refractivity contribution in [3.05, 3.63) is 27.9 Å². The van der Waals surface area contributed by atoms with Gasteiger partial charge in [-0.1, -0.05) is 13.3 Å². The second-order valence-corrected chi connectivity index (χ2v) is 4.98. The van der Waals surface area contributed by atoms with Gasteiger partial charge in [0.15, 0.2) is 0 Å². The summed E-state index contributed by atoms with van der Waals surface area (Å²) in [5.41, 5.74) is 0.266. The van der Waals surface area contributed by atoms with Crippen molar-refractivity contribution >= 4 is 11.5 Å². The summed E-state index contributed by atoms with van der Waals surface area (Å²) in [7, 11) is 0. The lowest BCUT2D eigenvalue weighted by Gasteiger charge is -2.38. The molecule has 1 aromatic heterocycles. The molecule has 0 unspecified atom stereocenters. The van der Waals surface area contributed by atoms with Gasteiger partial charge in [0.2, 0.25) is 5.82 Å². The van der Waals surface area contributed by atoms with E-state index in [4.69, 9.17) is 5.26 Å². The van der Waals surface area contributed by atoms with Crippen LogP contribution in [0.2, 0.25) is 0 Å². The van der Waals surface area contributed by atoms with E-state index in [2.05, 4.69) is 17.2 Å². The second-order valence-electron chi connectivity index (χ2n) is 4.98. The van der Waals surface area contributed by atoms with Crippen LogP contribution in [-0.4, -0.2) is 16.5 Å². The zero-order valence-electron chi connectivity index (χ0n) is 10.1. The third-order valence-electron chi connectivity index (χ3n) is 3.44. The number of rotatable bonds is 4. The number of nitro groups is 1. The lowest BCUT2D eigenvalue weighted by atomic mass is 9.70. The average molecular weight is 246 g/mol. The van der Waals surface area contributed by atoms with Gasteiger partial charge in [-0.25, -0.2) is 4.98 Å². The van der Waals surface area contributed by atoms with Crippen LogP contribution in [-0.2, 0) is 0 Å². The normalized spacial score (nSPS) is 16.4. The number of pyridine rings is 1. The van der Waals surface area contributed by atoms with E-state index in [0.29, 0.717) is 6.54 Å². The van der Waals surface area contributed by atoms with Gasteiger partial charge in [-0.15, -0.1) is 0 Å². The maximum Gasteiger partial charge on any atom is 0.312 e. The zero-order chi connectivity index (χ0) is 13.2. The molecule has 0 aliphatic heterocycles. The number of anilines is 1. The van der Waals surface area contributed by atoms with Crippen molar-refractivity contribution in [3.8, 4) is 6.07 Å². The minimum Gasteiger partial charge on any atom is -0.364 e. The Morgan fingerprint density at radius 3 is 2.89 bits per heavy atom. The first-order chi connectivity index (χ1) is 8.54. The van der Waals surface area contributed by atoms with E-state index in [9.17, 15) is 10.1 Å². The molecule has 0 radical (unpaired) electrons. The lowest BCUT2D eigenvalue weighted by molar-refractivity contribution is -0.384. The molecule has 0 spiro atoms. The fourth-order valence-electron chi connectivity index (χ4n) is 2.04. The molecule has 0 bridgehead atoms. The Bertz CT molecular complexity index is 517. The molecular weight excluding hydrogens is 232 g/mol. The number of hydrogen-bond donors (Lipinski definition) is 1. The van der Waals surface area contributed by atoms with E-state index in [-0.39, 0.29) is 22.5 Å². The third kappa shape index (κ3) is 2.40. The standard InChI is InChI=1S/C12H14N4O2/c1-12(3-2-4-12)8-15-11-10(16(17)18)5-9(6-13)7-14-11/h5,7H,2-4,8H2,1H3,(H,14,15). The van der Waals surface area contributed by atoms with Crippen LogP contribution in [0.25, 0.3) is 0 Å². The van der Waals surface area contributed by atoms with Crippen LogP contribution in [0.5, 0.6) is 0 Å². The maximum absolute atomic E-state index is 10.9. The number of nitriles is 1. The van der Waals surface area contributed by atoms with Crippen LogP contribution >= 0.6 is 0 Å². The third-order valence-corrected chi connectivity index (χ3v) is 3.44. The molecule has 1 fully saturated rings. The van der Waals surface area contributed by atoms with Crippen molar-refractivity contribution in [2.45, 2.75) is 26.2 Å². The number of nitrogens with one attached hydrogen (secondary N) is 1. The molecule has 0 amide bonds. The van der Waals surface area contributed by atoms with E-state index < -0.39 is 4.92 Å². The quantitative estimate of drug-likeness (QED) is 0.650. The Labute approximate surface area is 105 Å². The van der Waals surface area contributed by atoms with Crippen molar-refractivity contribution in [1.82, 2.24) is 4.98 Å². The molecule has 0 saturated heterocycles. The van der Waals surface area contributed by atoms with Gasteiger partial charge in [0.1, 0.15) is 6.07 Å². The van der Waals surface area contributed by atoms with Gasteiger partial charge < -0.3 is 5.32 Å². The number of hydrogen-bond acceptors (Lipinski definition) is 5. The van der Waals surface area contributed by atoms with Crippen LogP contribution < -0.4 is 5.32 Å². The predicted molar refractivity (Wildman–Crippen MR) is 66.1 cm³/mol. The molecule has 18 heavy (non-hydrogen) atoms. The lowest BCUT2D eigenvalue weighted by Crippen LogP contribution is -2.33. The molecule has 0 aromatic carbocycles. The first-order valence-corrected chi connectivity index (χ1v) is 5.82. The van der Waals surface area contributed by atoms with Crippen LogP contribution in [0.4, 0.5) is 11.5 Å². The molecule has 1 aliphatic carbocycles. The summed E-state index contributed by atoms with van der Waals surface area (Å²) in [6.45, 7) is 2.83. The SMILES string of the molecule is CC1(CNc2ncc(C#N)cc2[N+](=O)[O-])CCC1. The summed E-state index contributed by atoms with van der Waals surface area (Å²) in [4.78, 5) is 14.4. The Morgan fingerprint density at radius 1 is 1.67 bits per heavy atom. The van der Waals surface area contributed by atoms with Crippen LogP contribution in [0.1, 0.15) is 31.7 Å². The monoisotopic (exact) mass is 246 g/mol. The number of nitrogens with zero attached hydrogens (tertiary/aromatic N) is 3. The van der Waals surface area contributed by atoms with Crippen LogP contribution in [0, 0.1) is 26.9 Å². The molecule has 1 aromatic rings. The highest BCUT2D eigenvalue weighted by molar-refractivity contribution is 5.58. The highest BCUT2D eigenvalue weighted by Crippen LogP contribution is 2.40. The summed E-state index contributed by atoms with van der Waals surface area (Å²) in [6, 6.07) is 3.10. The van der Waals surface area contributed by atoms with E-state index in [1.807, 2.05) is 6.07 Å². The summed E-state index contributed by atoms with van der Waals surface area (Å²) in [5, 5.41) is 22.6. The van der Waals surface area contributed by atoms with E-state index in [1.54, 1.807) is 0 Å². The van der Waals surface area contributed by atoms with Gasteiger partial charge in [-0.2, -0.15) is 5.26 Å². The fraction of sp³-hybridized carbons (Fsp3) is 0.500. The molecule has 6 heteroatoms. The predicted octanol–water partition coefficient (Wildman–Crippen LogP) is 2.46. The van der Waals surface area contributed by atoms with Crippen molar-refractivity contribution in [2.24, 2.45) is 5.41 Å². The van der Waals surface area contributed by atoms with Gasteiger partial charge in [-0.05, 0) is 18.3 Å². The van der Waals surface area contributed by atoms with E-state index in [0.717, 1.165) is 12.8 Å². The Morgan fingerprint density at radius 2 is 2.39 bits per heavy atom. The highest BCUT2D eigenvalue weighted by Gasteiger charge is 2.32. The maximum atomic E-state index is 10.9. The Kier molecular flexibility index (Phi) is 3.15. The summed E-state index contributed by atoms with van der Waals surface area (Å²) >= 11 is 0. The molecule has 1 N–H and O–H groups in total. The molecule has 0 atom stereocenters. The molecule has 1 aliphatic rings. The minimum atomic E-state index is -0.515. The minimum absolute atomic E-state index is 0.142. The molecule has 1 saturated carbocycles. The van der Waals surface area contributed by atoms with Crippen molar-refractivity contribution < 1.29 is 4.92 Å². The largest absolute Gasteiger partial charge is 0.364 e. The molecular formula is C12H14N4O2. The summed E-state index contributed by atoms with van der Waals surface area (Å²) in [6.07, 6.45) is 4.81. The van der Waals surface area contributed by atoms with Crippen molar-refractivity contribution in [3.63, 3.8) is 0 Å². The Hall–Kier alpha value is -2.16. The van der Waals surface area contributed by atoms with E-state index in [1.165, 1.54) is 18.7 Å². The average Bonchev–Trinajstić information content (AvgIpc) is 2.33. The molecule has 1 heterocycles. The molecule has 6 nitrogen and oxygen atoms in total. The summed E-state index contributed by atoms with van der Waals surface area (Å²) < 4.78 is 0. The summed E-state index contributed by atoms with van der Waals surface area (Å²) in [5.74, 6) is 0.243. The highest BCUT2D eigenvalue weighted by atomic mass is 16.6. The molecule has 2 rings (SSSR count).